The lowest BCUT2D eigenvalue weighted by Crippen LogP contribution is -2.42. The molecule has 4 heteroatoms. The summed E-state index contributed by atoms with van der Waals surface area (Å²) in [4.78, 5) is 37.6. The number of rotatable bonds is 8. The molecule has 154 valence electrons. The van der Waals surface area contributed by atoms with Crippen LogP contribution >= 0.6 is 0 Å². The lowest BCUT2D eigenvalue weighted by Gasteiger charge is -2.35. The van der Waals surface area contributed by atoms with Gasteiger partial charge in [-0.05, 0) is 73.5 Å². The van der Waals surface area contributed by atoms with E-state index in [0.717, 1.165) is 16.7 Å². The van der Waals surface area contributed by atoms with Crippen LogP contribution in [0.1, 0.15) is 67.9 Å². The van der Waals surface area contributed by atoms with Crippen LogP contribution in [0, 0.1) is 10.8 Å². The van der Waals surface area contributed by atoms with Crippen molar-refractivity contribution in [1.82, 2.24) is 0 Å². The number of benzene rings is 1. The fraction of sp³-hybridized carbons (Fsp3) is 0.542. The van der Waals surface area contributed by atoms with E-state index in [0.29, 0.717) is 0 Å². The van der Waals surface area contributed by atoms with Crippen LogP contribution < -0.4 is 0 Å². The number of hydrogen-bond acceptors (Lipinski definition) is 4. The highest BCUT2D eigenvalue weighted by Gasteiger charge is 2.41. The molecule has 0 fully saturated rings. The number of ether oxygens (including phenoxy) is 1. The topological polar surface area (TPSA) is 60.4 Å². The minimum atomic E-state index is -1.27. The van der Waals surface area contributed by atoms with Crippen LogP contribution in [0.25, 0.3) is 0 Å². The number of ketones is 2. The molecule has 0 saturated heterocycles. The SMILES string of the molecule is CC(=O)C(C)(C)/C(C)=C(/C)C(C)(C)OC(=O)C(C)(C)C(=O)Cc1ccccc1. The van der Waals surface area contributed by atoms with Crippen molar-refractivity contribution in [3.63, 3.8) is 0 Å². The summed E-state index contributed by atoms with van der Waals surface area (Å²) in [5, 5.41) is 0. The fourth-order valence-corrected chi connectivity index (χ4v) is 2.74. The predicted molar refractivity (Wildman–Crippen MR) is 112 cm³/mol. The lowest BCUT2D eigenvalue weighted by atomic mass is 9.76. The van der Waals surface area contributed by atoms with Gasteiger partial charge in [0.1, 0.15) is 16.8 Å². The number of carbonyl (C=O) groups excluding carboxylic acids is 3. The average molecular weight is 387 g/mol. The monoisotopic (exact) mass is 386 g/mol. The molecule has 4 nitrogen and oxygen atoms in total. The Labute approximate surface area is 169 Å². The number of carbonyl (C=O) groups is 3. The van der Waals surface area contributed by atoms with Gasteiger partial charge in [-0.2, -0.15) is 0 Å². The Morgan fingerprint density at radius 2 is 1.29 bits per heavy atom. The molecule has 0 spiro atoms. The van der Waals surface area contributed by atoms with E-state index < -0.39 is 22.4 Å². The Morgan fingerprint density at radius 1 is 0.786 bits per heavy atom. The molecule has 0 unspecified atom stereocenters. The molecule has 1 rings (SSSR count). The van der Waals surface area contributed by atoms with E-state index in [-0.39, 0.29) is 18.0 Å². The fourth-order valence-electron chi connectivity index (χ4n) is 2.74. The first kappa shape index (κ1) is 23.8. The van der Waals surface area contributed by atoms with Crippen molar-refractivity contribution >= 4 is 17.5 Å². The van der Waals surface area contributed by atoms with Gasteiger partial charge in [0.2, 0.25) is 0 Å². The zero-order chi connectivity index (χ0) is 21.9. The number of allylic oxidation sites excluding steroid dienone is 1. The van der Waals surface area contributed by atoms with Crippen LogP contribution in [0.5, 0.6) is 0 Å². The van der Waals surface area contributed by atoms with E-state index in [4.69, 9.17) is 4.74 Å². The summed E-state index contributed by atoms with van der Waals surface area (Å²) < 4.78 is 5.79. The Hall–Kier alpha value is -2.23. The van der Waals surface area contributed by atoms with Crippen LogP contribution in [0.4, 0.5) is 0 Å². The average Bonchev–Trinajstić information content (AvgIpc) is 2.60. The van der Waals surface area contributed by atoms with Crippen molar-refractivity contribution in [3.05, 3.63) is 47.0 Å². The van der Waals surface area contributed by atoms with Crippen LogP contribution in [-0.2, 0) is 25.5 Å². The van der Waals surface area contributed by atoms with Gasteiger partial charge in [0.15, 0.2) is 5.78 Å². The molecule has 1 aromatic carbocycles. The quantitative estimate of drug-likeness (QED) is 0.354. The van der Waals surface area contributed by atoms with E-state index >= 15 is 0 Å². The van der Waals surface area contributed by atoms with Gasteiger partial charge in [0, 0.05) is 11.8 Å². The van der Waals surface area contributed by atoms with Crippen molar-refractivity contribution in [3.8, 4) is 0 Å². The molecule has 0 aromatic heterocycles. The van der Waals surface area contributed by atoms with E-state index in [9.17, 15) is 14.4 Å². The maximum atomic E-state index is 12.9. The molecule has 0 saturated carbocycles. The minimum absolute atomic E-state index is 0.0462. The second-order valence-corrected chi connectivity index (χ2v) is 9.04. The summed E-state index contributed by atoms with van der Waals surface area (Å²) >= 11 is 0. The first-order chi connectivity index (χ1) is 12.6. The van der Waals surface area contributed by atoms with Gasteiger partial charge in [-0.1, -0.05) is 35.9 Å². The molecule has 0 bridgehead atoms. The van der Waals surface area contributed by atoms with Gasteiger partial charge in [-0.15, -0.1) is 0 Å². The van der Waals surface area contributed by atoms with Crippen LogP contribution in [0.2, 0.25) is 0 Å². The molecule has 0 amide bonds. The van der Waals surface area contributed by atoms with E-state index in [2.05, 4.69) is 0 Å². The zero-order valence-corrected chi connectivity index (χ0v) is 18.7. The molecule has 0 aliphatic heterocycles. The highest BCUT2D eigenvalue weighted by molar-refractivity contribution is 6.04. The molecule has 0 aliphatic rings. The summed E-state index contributed by atoms with van der Waals surface area (Å²) in [6.45, 7) is 15.8. The van der Waals surface area contributed by atoms with Crippen molar-refractivity contribution in [1.29, 1.82) is 0 Å². The molecular weight excluding hydrogens is 352 g/mol. The van der Waals surface area contributed by atoms with Gasteiger partial charge < -0.3 is 4.74 Å². The third kappa shape index (κ3) is 5.18. The van der Waals surface area contributed by atoms with Crippen molar-refractivity contribution < 1.29 is 19.1 Å². The lowest BCUT2D eigenvalue weighted by molar-refractivity contribution is -0.166. The van der Waals surface area contributed by atoms with Crippen LogP contribution in [0.15, 0.2) is 41.5 Å². The maximum Gasteiger partial charge on any atom is 0.319 e. The Bertz CT molecular complexity index is 780. The number of hydrogen-bond donors (Lipinski definition) is 0. The van der Waals surface area contributed by atoms with Gasteiger partial charge in [-0.3, -0.25) is 14.4 Å². The third-order valence-corrected chi connectivity index (χ3v) is 6.05. The third-order valence-electron chi connectivity index (χ3n) is 6.05. The number of esters is 1. The van der Waals surface area contributed by atoms with E-state index in [1.54, 1.807) is 34.6 Å². The molecule has 28 heavy (non-hydrogen) atoms. The summed E-state index contributed by atoms with van der Waals surface area (Å²) in [6, 6.07) is 9.35. The van der Waals surface area contributed by atoms with Crippen molar-refractivity contribution in [2.24, 2.45) is 10.8 Å². The van der Waals surface area contributed by atoms with Gasteiger partial charge in [0.05, 0.1) is 0 Å². The molecule has 0 heterocycles. The van der Waals surface area contributed by atoms with E-state index in [1.165, 1.54) is 0 Å². The Kier molecular flexibility index (Phi) is 7.16. The first-order valence-electron chi connectivity index (χ1n) is 9.64. The van der Waals surface area contributed by atoms with Gasteiger partial charge >= 0.3 is 5.97 Å². The normalized spacial score (nSPS) is 13.6. The first-order valence-corrected chi connectivity index (χ1v) is 9.64. The van der Waals surface area contributed by atoms with Gasteiger partial charge in [0.25, 0.3) is 0 Å². The second kappa shape index (κ2) is 8.42. The summed E-state index contributed by atoms with van der Waals surface area (Å²) in [6.07, 6.45) is 0.175. The van der Waals surface area contributed by atoms with Crippen molar-refractivity contribution in [2.45, 2.75) is 74.3 Å². The minimum Gasteiger partial charge on any atom is -0.454 e. The van der Waals surface area contributed by atoms with Crippen molar-refractivity contribution in [2.75, 3.05) is 0 Å². The highest BCUT2D eigenvalue weighted by Crippen LogP contribution is 2.36. The second-order valence-electron chi connectivity index (χ2n) is 9.04. The summed E-state index contributed by atoms with van der Waals surface area (Å²) in [5.41, 5.74) is -0.302. The largest absolute Gasteiger partial charge is 0.454 e. The van der Waals surface area contributed by atoms with E-state index in [1.807, 2.05) is 58.0 Å². The summed E-state index contributed by atoms with van der Waals surface area (Å²) in [5.74, 6) is -0.710. The standard InChI is InChI=1S/C24H34O4/c1-16(22(4,5)18(3)25)17(2)24(8,9)28-21(27)23(6,7)20(26)15-19-13-11-10-12-14-19/h10-14H,15H2,1-9H3/b17-16-. The smallest absolute Gasteiger partial charge is 0.319 e. The molecule has 0 N–H and O–H groups in total. The Morgan fingerprint density at radius 3 is 1.75 bits per heavy atom. The number of Topliss-reactive ketones (excluding diaryl/α,β-unsaturated/α-hetero) is 2. The highest BCUT2D eigenvalue weighted by atomic mass is 16.6. The van der Waals surface area contributed by atoms with Crippen LogP contribution in [-0.4, -0.2) is 23.1 Å². The zero-order valence-electron chi connectivity index (χ0n) is 18.7. The van der Waals surface area contributed by atoms with Gasteiger partial charge in [-0.25, -0.2) is 0 Å². The molecular formula is C24H34O4. The summed E-state index contributed by atoms with van der Waals surface area (Å²) in [7, 11) is 0. The van der Waals surface area contributed by atoms with Crippen LogP contribution in [0.3, 0.4) is 0 Å². The molecule has 0 atom stereocenters. The molecule has 0 aliphatic carbocycles. The molecule has 1 aromatic rings. The Balaban J connectivity index is 3.05. The molecule has 0 radical (unpaired) electrons. The predicted octanol–water partition coefficient (Wildman–Crippen LogP) is 5.10. The maximum absolute atomic E-state index is 12.9.